The van der Waals surface area contributed by atoms with Crippen molar-refractivity contribution in [1.82, 2.24) is 0 Å². The molecular weight excluding hydrogens is 322 g/mol. The van der Waals surface area contributed by atoms with Gasteiger partial charge in [0.1, 0.15) is 0 Å². The van der Waals surface area contributed by atoms with Gasteiger partial charge in [0.2, 0.25) is 5.91 Å². The van der Waals surface area contributed by atoms with Crippen LogP contribution in [0.5, 0.6) is 0 Å². The number of nitrogens with two attached hydrogens (primary N) is 1. The van der Waals surface area contributed by atoms with Crippen molar-refractivity contribution < 1.29 is 4.79 Å². The molecule has 4 nitrogen and oxygen atoms in total. The van der Waals surface area contributed by atoms with E-state index in [9.17, 15) is 4.79 Å². The lowest BCUT2D eigenvalue weighted by Gasteiger charge is -2.32. The standard InChI is InChI=1S/C22H27N3O/c23-22(26)17-10-12-25(13-11-17)20-6-3-5-19(14-20)24-15-18-9-8-16-4-1-2-7-21(16)18/h1-7,14,17-18,24H,8-13,15H2,(H2,23,26). The fourth-order valence-electron chi connectivity index (χ4n) is 4.33. The molecule has 1 aliphatic carbocycles. The molecule has 1 fully saturated rings. The zero-order chi connectivity index (χ0) is 17.9. The number of amides is 1. The molecule has 3 N–H and O–H groups in total. The van der Waals surface area contributed by atoms with Gasteiger partial charge in [0, 0.05) is 42.8 Å². The van der Waals surface area contributed by atoms with Crippen molar-refractivity contribution in [3.8, 4) is 0 Å². The van der Waals surface area contributed by atoms with Gasteiger partial charge in [0.25, 0.3) is 0 Å². The summed E-state index contributed by atoms with van der Waals surface area (Å²) >= 11 is 0. The number of fused-ring (bicyclic) bond motifs is 1. The lowest BCUT2D eigenvalue weighted by molar-refractivity contribution is -0.122. The molecule has 0 bridgehead atoms. The minimum absolute atomic E-state index is 0.0370. The monoisotopic (exact) mass is 349 g/mol. The predicted molar refractivity (Wildman–Crippen MR) is 107 cm³/mol. The largest absolute Gasteiger partial charge is 0.384 e. The third-order valence-corrected chi connectivity index (χ3v) is 5.92. The fraction of sp³-hybridized carbons (Fsp3) is 0.409. The van der Waals surface area contributed by atoms with E-state index in [4.69, 9.17) is 5.73 Å². The average molecular weight is 349 g/mol. The quantitative estimate of drug-likeness (QED) is 0.868. The van der Waals surface area contributed by atoms with Gasteiger partial charge in [-0.05, 0) is 55.0 Å². The molecule has 2 aromatic carbocycles. The first-order chi connectivity index (χ1) is 12.7. The summed E-state index contributed by atoms with van der Waals surface area (Å²) in [6.07, 6.45) is 4.13. The van der Waals surface area contributed by atoms with E-state index in [1.54, 1.807) is 0 Å². The second-order valence-corrected chi connectivity index (χ2v) is 7.53. The summed E-state index contributed by atoms with van der Waals surface area (Å²) in [7, 11) is 0. The van der Waals surface area contributed by atoms with E-state index in [2.05, 4.69) is 58.7 Å². The molecule has 4 heteroatoms. The molecule has 136 valence electrons. The second-order valence-electron chi connectivity index (χ2n) is 7.53. The topological polar surface area (TPSA) is 58.4 Å². The molecule has 1 atom stereocenters. The van der Waals surface area contributed by atoms with Crippen LogP contribution in [0.1, 0.15) is 36.3 Å². The molecule has 0 aromatic heterocycles. The molecule has 1 heterocycles. The summed E-state index contributed by atoms with van der Waals surface area (Å²) in [5.41, 5.74) is 10.8. The van der Waals surface area contributed by atoms with Crippen LogP contribution < -0.4 is 16.0 Å². The number of carbonyl (C=O) groups is 1. The van der Waals surface area contributed by atoms with Crippen LogP contribution in [0.2, 0.25) is 0 Å². The Morgan fingerprint density at radius 3 is 2.69 bits per heavy atom. The van der Waals surface area contributed by atoms with E-state index in [1.807, 2.05) is 0 Å². The number of benzene rings is 2. The molecule has 2 aliphatic rings. The summed E-state index contributed by atoms with van der Waals surface area (Å²) in [6.45, 7) is 2.77. The van der Waals surface area contributed by atoms with Gasteiger partial charge < -0.3 is 16.0 Å². The van der Waals surface area contributed by atoms with Gasteiger partial charge in [-0.25, -0.2) is 0 Å². The number of nitrogens with zero attached hydrogens (tertiary/aromatic N) is 1. The van der Waals surface area contributed by atoms with E-state index in [-0.39, 0.29) is 11.8 Å². The maximum Gasteiger partial charge on any atom is 0.220 e. The molecule has 1 unspecified atom stereocenters. The summed E-state index contributed by atoms with van der Waals surface area (Å²) in [4.78, 5) is 13.7. The number of nitrogens with one attached hydrogen (secondary N) is 1. The van der Waals surface area contributed by atoms with Gasteiger partial charge in [-0.15, -0.1) is 0 Å². The first kappa shape index (κ1) is 17.0. The van der Waals surface area contributed by atoms with Crippen molar-refractivity contribution in [2.24, 2.45) is 11.7 Å². The highest BCUT2D eigenvalue weighted by Crippen LogP contribution is 2.33. The zero-order valence-corrected chi connectivity index (χ0v) is 15.2. The Morgan fingerprint density at radius 1 is 1.08 bits per heavy atom. The number of hydrogen-bond donors (Lipinski definition) is 2. The second kappa shape index (κ2) is 7.40. The van der Waals surface area contributed by atoms with Crippen molar-refractivity contribution in [2.45, 2.75) is 31.6 Å². The Hall–Kier alpha value is -2.49. The molecule has 0 radical (unpaired) electrons. The number of anilines is 2. The zero-order valence-electron chi connectivity index (χ0n) is 15.2. The van der Waals surface area contributed by atoms with Crippen molar-refractivity contribution in [2.75, 3.05) is 29.9 Å². The number of piperidine rings is 1. The average Bonchev–Trinajstić information content (AvgIpc) is 3.10. The first-order valence-electron chi connectivity index (χ1n) is 9.67. The number of aryl methyl sites for hydroxylation is 1. The van der Waals surface area contributed by atoms with E-state index in [0.29, 0.717) is 5.92 Å². The SMILES string of the molecule is NC(=O)C1CCN(c2cccc(NCC3CCc4ccccc43)c2)CC1. The number of rotatable bonds is 5. The molecule has 26 heavy (non-hydrogen) atoms. The van der Waals surface area contributed by atoms with Crippen LogP contribution in [-0.4, -0.2) is 25.5 Å². The lowest BCUT2D eigenvalue weighted by Crippen LogP contribution is -2.38. The van der Waals surface area contributed by atoms with Crippen molar-refractivity contribution >= 4 is 17.3 Å². The molecule has 1 aliphatic heterocycles. The normalized spacial score (nSPS) is 20.0. The number of carbonyl (C=O) groups excluding carboxylic acids is 1. The maximum absolute atomic E-state index is 11.3. The minimum atomic E-state index is -0.156. The molecule has 1 saturated heterocycles. The van der Waals surface area contributed by atoms with Crippen LogP contribution in [0, 0.1) is 5.92 Å². The van der Waals surface area contributed by atoms with Gasteiger partial charge in [-0.3, -0.25) is 4.79 Å². The molecule has 2 aromatic rings. The Kier molecular flexibility index (Phi) is 4.83. The minimum Gasteiger partial charge on any atom is -0.384 e. The van der Waals surface area contributed by atoms with Gasteiger partial charge in [0.05, 0.1) is 0 Å². The highest BCUT2D eigenvalue weighted by molar-refractivity contribution is 5.77. The van der Waals surface area contributed by atoms with E-state index >= 15 is 0 Å². The smallest absolute Gasteiger partial charge is 0.220 e. The Morgan fingerprint density at radius 2 is 1.88 bits per heavy atom. The van der Waals surface area contributed by atoms with Crippen LogP contribution >= 0.6 is 0 Å². The van der Waals surface area contributed by atoms with Crippen LogP contribution in [0.4, 0.5) is 11.4 Å². The van der Waals surface area contributed by atoms with E-state index in [1.165, 1.54) is 35.3 Å². The summed E-state index contributed by atoms with van der Waals surface area (Å²) < 4.78 is 0. The van der Waals surface area contributed by atoms with Crippen LogP contribution in [0.25, 0.3) is 0 Å². The van der Waals surface area contributed by atoms with Crippen molar-refractivity contribution in [3.63, 3.8) is 0 Å². The van der Waals surface area contributed by atoms with E-state index < -0.39 is 0 Å². The molecule has 1 amide bonds. The molecular formula is C22H27N3O. The van der Waals surface area contributed by atoms with Crippen LogP contribution in [-0.2, 0) is 11.2 Å². The van der Waals surface area contributed by atoms with Gasteiger partial charge in [-0.2, -0.15) is 0 Å². The fourth-order valence-corrected chi connectivity index (χ4v) is 4.33. The number of hydrogen-bond acceptors (Lipinski definition) is 3. The first-order valence-corrected chi connectivity index (χ1v) is 9.67. The van der Waals surface area contributed by atoms with Gasteiger partial charge in [-0.1, -0.05) is 30.3 Å². The Balaban J connectivity index is 1.37. The summed E-state index contributed by atoms with van der Waals surface area (Å²) in [6, 6.07) is 17.4. The highest BCUT2D eigenvalue weighted by Gasteiger charge is 2.24. The molecule has 0 spiro atoms. The van der Waals surface area contributed by atoms with E-state index in [0.717, 1.165) is 32.5 Å². The van der Waals surface area contributed by atoms with Crippen LogP contribution in [0.15, 0.2) is 48.5 Å². The van der Waals surface area contributed by atoms with Crippen LogP contribution in [0.3, 0.4) is 0 Å². The Labute approximate surface area is 155 Å². The predicted octanol–water partition coefficient (Wildman–Crippen LogP) is 3.53. The molecule has 4 rings (SSSR count). The lowest BCUT2D eigenvalue weighted by atomic mass is 9.96. The van der Waals surface area contributed by atoms with Crippen molar-refractivity contribution in [1.29, 1.82) is 0 Å². The van der Waals surface area contributed by atoms with Crippen molar-refractivity contribution in [3.05, 3.63) is 59.7 Å². The Bertz CT molecular complexity index is 780. The van der Waals surface area contributed by atoms with Gasteiger partial charge >= 0.3 is 0 Å². The third-order valence-electron chi connectivity index (χ3n) is 5.92. The van der Waals surface area contributed by atoms with Gasteiger partial charge in [0.15, 0.2) is 0 Å². The third kappa shape index (κ3) is 3.55. The maximum atomic E-state index is 11.3. The highest BCUT2D eigenvalue weighted by atomic mass is 16.1. The summed E-state index contributed by atoms with van der Waals surface area (Å²) in [5, 5.41) is 3.63. The number of primary amides is 1. The summed E-state index contributed by atoms with van der Waals surface area (Å²) in [5.74, 6) is 0.480. The molecule has 0 saturated carbocycles.